The highest BCUT2D eigenvalue weighted by atomic mass is 32.2. The number of carboxylic acid groups (broad SMARTS) is 1. The number of thioether (sulfide) groups is 1. The van der Waals surface area contributed by atoms with E-state index in [4.69, 9.17) is 5.11 Å². The highest BCUT2D eigenvalue weighted by molar-refractivity contribution is 7.99. The molecule has 0 bridgehead atoms. The fourth-order valence-electron chi connectivity index (χ4n) is 1.42. The molecule has 1 N–H and O–H groups in total. The van der Waals surface area contributed by atoms with Crippen LogP contribution in [0.3, 0.4) is 0 Å². The summed E-state index contributed by atoms with van der Waals surface area (Å²) in [4.78, 5) is 12.9. The van der Waals surface area contributed by atoms with Crippen molar-refractivity contribution in [1.29, 1.82) is 0 Å². The Hall–Kier alpha value is -0.220. The molecule has 0 saturated carbocycles. The molecule has 4 heteroatoms. The van der Waals surface area contributed by atoms with E-state index >= 15 is 0 Å². The highest BCUT2D eigenvalue weighted by Crippen LogP contribution is 2.16. The minimum absolute atomic E-state index is 0.247. The lowest BCUT2D eigenvalue weighted by molar-refractivity contribution is -0.142. The second kappa shape index (κ2) is 12.8. The molecule has 1 fully saturated rings. The monoisotopic (exact) mass is 249 g/mol. The number of rotatable bonds is 3. The molecule has 0 aromatic rings. The molecule has 3 nitrogen and oxygen atoms in total. The van der Waals surface area contributed by atoms with Gasteiger partial charge in [-0.25, -0.2) is 0 Å². The van der Waals surface area contributed by atoms with Gasteiger partial charge in [0.25, 0.3) is 0 Å². The molecule has 1 heterocycles. The predicted octanol–water partition coefficient (Wildman–Crippen LogP) is 2.95. The lowest BCUT2D eigenvalue weighted by Gasteiger charge is -2.31. The Morgan fingerprint density at radius 2 is 1.94 bits per heavy atom. The molecular weight excluding hydrogens is 222 g/mol. The van der Waals surface area contributed by atoms with E-state index in [1.807, 2.05) is 27.7 Å². The SMILES string of the molecule is CC.CC.CCCN1CCSCC1C(=O)O. The average Bonchev–Trinajstić information content (AvgIpc) is 2.35. The molecule has 0 aromatic carbocycles. The van der Waals surface area contributed by atoms with Gasteiger partial charge in [-0.3, -0.25) is 9.69 Å². The zero-order valence-electron chi connectivity index (χ0n) is 11.3. The standard InChI is InChI=1S/C8H15NO2S.2C2H6/c1-2-3-9-4-5-12-6-7(9)8(10)11;2*1-2/h7H,2-6H2,1H3,(H,10,11);2*1-2H3. The van der Waals surface area contributed by atoms with E-state index in [-0.39, 0.29) is 6.04 Å². The number of carboxylic acids is 1. The first-order valence-electron chi connectivity index (χ1n) is 6.30. The van der Waals surface area contributed by atoms with Crippen molar-refractivity contribution in [1.82, 2.24) is 4.90 Å². The Morgan fingerprint density at radius 1 is 1.38 bits per heavy atom. The van der Waals surface area contributed by atoms with Gasteiger partial charge in [0.15, 0.2) is 0 Å². The van der Waals surface area contributed by atoms with E-state index in [1.165, 1.54) is 0 Å². The first-order valence-corrected chi connectivity index (χ1v) is 7.45. The van der Waals surface area contributed by atoms with Crippen molar-refractivity contribution in [2.24, 2.45) is 0 Å². The van der Waals surface area contributed by atoms with Crippen LogP contribution in [0.1, 0.15) is 41.0 Å². The summed E-state index contributed by atoms with van der Waals surface area (Å²) in [6.45, 7) is 11.9. The van der Waals surface area contributed by atoms with Crippen LogP contribution in [-0.4, -0.2) is 46.6 Å². The Balaban J connectivity index is 0. The van der Waals surface area contributed by atoms with Gasteiger partial charge in [-0.1, -0.05) is 34.6 Å². The summed E-state index contributed by atoms with van der Waals surface area (Å²) in [6.07, 6.45) is 1.04. The molecule has 98 valence electrons. The number of hydrogen-bond donors (Lipinski definition) is 1. The smallest absolute Gasteiger partial charge is 0.321 e. The molecule has 0 amide bonds. The maximum Gasteiger partial charge on any atom is 0.321 e. The summed E-state index contributed by atoms with van der Waals surface area (Å²) in [7, 11) is 0. The molecule has 1 unspecified atom stereocenters. The van der Waals surface area contributed by atoms with E-state index in [2.05, 4.69) is 11.8 Å². The molecule has 1 aliphatic rings. The van der Waals surface area contributed by atoms with Crippen LogP contribution in [0.5, 0.6) is 0 Å². The molecule has 16 heavy (non-hydrogen) atoms. The van der Waals surface area contributed by atoms with Gasteiger partial charge in [0.1, 0.15) is 6.04 Å². The van der Waals surface area contributed by atoms with Crippen LogP contribution >= 0.6 is 11.8 Å². The topological polar surface area (TPSA) is 40.5 Å². The van der Waals surface area contributed by atoms with Gasteiger partial charge in [-0.05, 0) is 13.0 Å². The molecular formula is C12H27NO2S. The third-order valence-electron chi connectivity index (χ3n) is 2.04. The van der Waals surface area contributed by atoms with Gasteiger partial charge in [-0.2, -0.15) is 11.8 Å². The lowest BCUT2D eigenvalue weighted by atomic mass is 10.2. The second-order valence-electron chi connectivity index (χ2n) is 2.96. The Bertz CT molecular complexity index is 163. The van der Waals surface area contributed by atoms with Crippen molar-refractivity contribution in [3.63, 3.8) is 0 Å². The molecule has 1 rings (SSSR count). The highest BCUT2D eigenvalue weighted by Gasteiger charge is 2.27. The lowest BCUT2D eigenvalue weighted by Crippen LogP contribution is -2.47. The first kappa shape index (κ1) is 18.2. The van der Waals surface area contributed by atoms with Crippen molar-refractivity contribution < 1.29 is 9.90 Å². The molecule has 0 spiro atoms. The molecule has 0 aromatic heterocycles. The van der Waals surface area contributed by atoms with E-state index < -0.39 is 5.97 Å². The van der Waals surface area contributed by atoms with E-state index in [1.54, 1.807) is 11.8 Å². The number of carbonyl (C=O) groups is 1. The van der Waals surface area contributed by atoms with Crippen molar-refractivity contribution in [3.05, 3.63) is 0 Å². The summed E-state index contributed by atoms with van der Waals surface area (Å²) in [5.74, 6) is 1.15. The van der Waals surface area contributed by atoms with Gasteiger partial charge in [-0.15, -0.1) is 0 Å². The third-order valence-corrected chi connectivity index (χ3v) is 3.06. The van der Waals surface area contributed by atoms with E-state index in [0.717, 1.165) is 31.0 Å². The number of aliphatic carboxylic acids is 1. The summed E-state index contributed by atoms with van der Waals surface area (Å²) < 4.78 is 0. The maximum atomic E-state index is 10.8. The van der Waals surface area contributed by atoms with Crippen LogP contribution in [0, 0.1) is 0 Å². The fraction of sp³-hybridized carbons (Fsp3) is 0.917. The number of nitrogens with zero attached hydrogens (tertiary/aromatic N) is 1. The fourth-order valence-corrected chi connectivity index (χ4v) is 2.53. The van der Waals surface area contributed by atoms with Gasteiger partial charge >= 0.3 is 5.97 Å². The van der Waals surface area contributed by atoms with Crippen LogP contribution in [0.4, 0.5) is 0 Å². The second-order valence-corrected chi connectivity index (χ2v) is 4.11. The molecule has 0 aliphatic carbocycles. The largest absolute Gasteiger partial charge is 0.480 e. The van der Waals surface area contributed by atoms with Gasteiger partial charge in [0, 0.05) is 18.1 Å². The minimum atomic E-state index is -0.671. The normalized spacial score (nSPS) is 19.9. The summed E-state index contributed by atoms with van der Waals surface area (Å²) in [6, 6.07) is -0.247. The van der Waals surface area contributed by atoms with Crippen LogP contribution in [0.15, 0.2) is 0 Å². The Kier molecular flexibility index (Phi) is 14.6. The molecule has 1 atom stereocenters. The van der Waals surface area contributed by atoms with Crippen LogP contribution in [-0.2, 0) is 4.79 Å². The Labute approximate surface area is 105 Å². The molecule has 1 saturated heterocycles. The van der Waals surface area contributed by atoms with Crippen LogP contribution in [0.25, 0.3) is 0 Å². The predicted molar refractivity (Wildman–Crippen MR) is 73.3 cm³/mol. The van der Waals surface area contributed by atoms with E-state index in [9.17, 15) is 4.79 Å². The van der Waals surface area contributed by atoms with Crippen molar-refractivity contribution >= 4 is 17.7 Å². The zero-order chi connectivity index (χ0) is 13.0. The summed E-state index contributed by atoms with van der Waals surface area (Å²) in [5.41, 5.74) is 0. The molecule has 0 radical (unpaired) electrons. The van der Waals surface area contributed by atoms with Crippen molar-refractivity contribution in [2.45, 2.75) is 47.1 Å². The minimum Gasteiger partial charge on any atom is -0.480 e. The zero-order valence-corrected chi connectivity index (χ0v) is 12.1. The van der Waals surface area contributed by atoms with Gasteiger partial charge < -0.3 is 5.11 Å². The van der Waals surface area contributed by atoms with Crippen LogP contribution < -0.4 is 0 Å². The Morgan fingerprint density at radius 3 is 2.38 bits per heavy atom. The van der Waals surface area contributed by atoms with E-state index in [0.29, 0.717) is 0 Å². The maximum absolute atomic E-state index is 10.8. The van der Waals surface area contributed by atoms with Gasteiger partial charge in [0.2, 0.25) is 0 Å². The third kappa shape index (κ3) is 7.12. The van der Waals surface area contributed by atoms with Crippen molar-refractivity contribution in [3.8, 4) is 0 Å². The number of hydrogen-bond acceptors (Lipinski definition) is 3. The van der Waals surface area contributed by atoms with Crippen molar-refractivity contribution in [2.75, 3.05) is 24.6 Å². The molecule has 1 aliphatic heterocycles. The quantitative estimate of drug-likeness (QED) is 0.835. The van der Waals surface area contributed by atoms with Crippen LogP contribution in [0.2, 0.25) is 0 Å². The summed E-state index contributed by atoms with van der Waals surface area (Å²) in [5, 5.41) is 8.88. The summed E-state index contributed by atoms with van der Waals surface area (Å²) >= 11 is 1.74. The first-order chi connectivity index (χ1) is 7.75. The van der Waals surface area contributed by atoms with Gasteiger partial charge in [0.05, 0.1) is 0 Å². The average molecular weight is 249 g/mol.